The Morgan fingerprint density at radius 1 is 1.50 bits per heavy atom. The summed E-state index contributed by atoms with van der Waals surface area (Å²) in [6.45, 7) is 3.03. The van der Waals surface area contributed by atoms with Crippen LogP contribution in [0.4, 0.5) is 10.1 Å². The number of hydrogen-bond acceptors (Lipinski definition) is 4. The van der Waals surface area contributed by atoms with Gasteiger partial charge < -0.3 is 10.5 Å². The second-order valence-electron chi connectivity index (χ2n) is 4.77. The molecule has 1 aromatic carbocycles. The lowest BCUT2D eigenvalue weighted by molar-refractivity contribution is 0.0264. The first kappa shape index (κ1) is 15.2. The van der Waals surface area contributed by atoms with Crippen LogP contribution in [0.5, 0.6) is 0 Å². The van der Waals surface area contributed by atoms with Gasteiger partial charge in [-0.25, -0.2) is 12.8 Å². The monoisotopic (exact) mass is 302 g/mol. The zero-order chi connectivity index (χ0) is 14.8. The third-order valence-corrected chi connectivity index (χ3v) is 5.20. The molecule has 7 heteroatoms. The van der Waals surface area contributed by atoms with E-state index in [-0.39, 0.29) is 23.2 Å². The molecule has 0 aliphatic carbocycles. The molecule has 1 aliphatic rings. The minimum absolute atomic E-state index is 0.132. The summed E-state index contributed by atoms with van der Waals surface area (Å²) >= 11 is 0. The van der Waals surface area contributed by atoms with E-state index >= 15 is 0 Å². The van der Waals surface area contributed by atoms with Crippen molar-refractivity contribution in [2.24, 2.45) is 0 Å². The first-order chi connectivity index (χ1) is 9.45. The van der Waals surface area contributed by atoms with Crippen LogP contribution in [0.3, 0.4) is 0 Å². The van der Waals surface area contributed by atoms with Crippen molar-refractivity contribution < 1.29 is 17.5 Å². The second kappa shape index (κ2) is 6.07. The minimum Gasteiger partial charge on any atom is -0.399 e. The van der Waals surface area contributed by atoms with Crippen LogP contribution in [-0.2, 0) is 14.8 Å². The molecule has 20 heavy (non-hydrogen) atoms. The molecule has 0 bridgehead atoms. The Bertz CT molecular complexity index is 575. The lowest BCUT2D eigenvalue weighted by atomic mass is 10.1. The van der Waals surface area contributed by atoms with Crippen molar-refractivity contribution in [1.82, 2.24) is 4.31 Å². The third-order valence-electron chi connectivity index (χ3n) is 3.32. The smallest absolute Gasteiger partial charge is 0.246 e. The number of rotatable bonds is 4. The zero-order valence-electron chi connectivity index (χ0n) is 11.4. The molecule has 1 aliphatic heterocycles. The van der Waals surface area contributed by atoms with Crippen LogP contribution >= 0.6 is 0 Å². The summed E-state index contributed by atoms with van der Waals surface area (Å²) in [7, 11) is -3.87. The Hall–Kier alpha value is -1.18. The first-order valence-corrected chi connectivity index (χ1v) is 8.06. The van der Waals surface area contributed by atoms with E-state index in [1.54, 1.807) is 0 Å². The van der Waals surface area contributed by atoms with Gasteiger partial charge in [0.15, 0.2) is 0 Å². The van der Waals surface area contributed by atoms with E-state index < -0.39 is 15.8 Å². The number of benzene rings is 1. The number of sulfonamides is 1. The summed E-state index contributed by atoms with van der Waals surface area (Å²) in [5.74, 6) is -0.780. The molecular formula is C13H19FN2O3S. The molecule has 2 N–H and O–H groups in total. The molecule has 5 nitrogen and oxygen atoms in total. The molecule has 1 saturated heterocycles. The molecule has 0 radical (unpaired) electrons. The molecule has 112 valence electrons. The van der Waals surface area contributed by atoms with Crippen molar-refractivity contribution in [3.8, 4) is 0 Å². The highest BCUT2D eigenvalue weighted by atomic mass is 32.2. The van der Waals surface area contributed by atoms with E-state index in [0.29, 0.717) is 19.6 Å². The molecule has 1 atom stereocenters. The maximum atomic E-state index is 13.8. The Morgan fingerprint density at radius 2 is 2.25 bits per heavy atom. The summed E-state index contributed by atoms with van der Waals surface area (Å²) in [5, 5.41) is 0. The molecule has 1 unspecified atom stereocenters. The molecule has 0 spiro atoms. The topological polar surface area (TPSA) is 72.6 Å². The van der Waals surface area contributed by atoms with E-state index in [2.05, 4.69) is 0 Å². The predicted molar refractivity (Wildman–Crippen MR) is 74.2 cm³/mol. The highest BCUT2D eigenvalue weighted by Gasteiger charge is 2.32. The maximum Gasteiger partial charge on any atom is 0.246 e. The summed E-state index contributed by atoms with van der Waals surface area (Å²) < 4.78 is 45.5. The average Bonchev–Trinajstić information content (AvgIpc) is 2.42. The summed E-state index contributed by atoms with van der Waals surface area (Å²) in [4.78, 5) is -0.366. The Kier molecular flexibility index (Phi) is 4.62. The molecule has 1 aromatic rings. The largest absolute Gasteiger partial charge is 0.399 e. The van der Waals surface area contributed by atoms with E-state index in [4.69, 9.17) is 10.5 Å². The van der Waals surface area contributed by atoms with Gasteiger partial charge in [0.1, 0.15) is 10.7 Å². The number of nitrogen functional groups attached to an aromatic ring is 1. The molecule has 1 heterocycles. The van der Waals surface area contributed by atoms with Gasteiger partial charge in [-0.3, -0.25) is 0 Å². The van der Waals surface area contributed by atoms with Gasteiger partial charge in [0.25, 0.3) is 0 Å². The fourth-order valence-electron chi connectivity index (χ4n) is 2.35. The minimum atomic E-state index is -3.87. The van der Waals surface area contributed by atoms with E-state index in [1.165, 1.54) is 10.4 Å². The van der Waals surface area contributed by atoms with Crippen LogP contribution in [0.2, 0.25) is 0 Å². The van der Waals surface area contributed by atoms with Crippen LogP contribution in [0.1, 0.15) is 19.8 Å². The van der Waals surface area contributed by atoms with Crippen molar-refractivity contribution in [2.75, 3.05) is 25.4 Å². The number of ether oxygens (including phenoxy) is 1. The number of nitrogens with zero attached hydrogens (tertiary/aromatic N) is 1. The molecule has 0 amide bonds. The summed E-state index contributed by atoms with van der Waals surface area (Å²) in [5.41, 5.74) is 5.78. The third kappa shape index (κ3) is 3.11. The van der Waals surface area contributed by atoms with Gasteiger partial charge in [0.05, 0.1) is 6.10 Å². The first-order valence-electron chi connectivity index (χ1n) is 6.62. The van der Waals surface area contributed by atoms with Gasteiger partial charge in [0, 0.05) is 25.4 Å². The summed E-state index contributed by atoms with van der Waals surface area (Å²) in [6.07, 6.45) is 1.39. The number of piperidine rings is 1. The van der Waals surface area contributed by atoms with Crippen molar-refractivity contribution in [1.29, 1.82) is 0 Å². The van der Waals surface area contributed by atoms with Gasteiger partial charge in [0.2, 0.25) is 10.0 Å². The van der Waals surface area contributed by atoms with Gasteiger partial charge in [-0.2, -0.15) is 4.31 Å². The zero-order valence-corrected chi connectivity index (χ0v) is 12.2. The van der Waals surface area contributed by atoms with Crippen LogP contribution in [0.25, 0.3) is 0 Å². The van der Waals surface area contributed by atoms with Crippen molar-refractivity contribution in [2.45, 2.75) is 30.8 Å². The van der Waals surface area contributed by atoms with Gasteiger partial charge >= 0.3 is 0 Å². The van der Waals surface area contributed by atoms with E-state index in [0.717, 1.165) is 18.6 Å². The Morgan fingerprint density at radius 3 is 2.95 bits per heavy atom. The fourth-order valence-corrected chi connectivity index (χ4v) is 3.96. The van der Waals surface area contributed by atoms with E-state index in [1.807, 2.05) is 6.92 Å². The lowest BCUT2D eigenvalue weighted by Gasteiger charge is -2.31. The van der Waals surface area contributed by atoms with Gasteiger partial charge in [-0.1, -0.05) is 0 Å². The van der Waals surface area contributed by atoms with Crippen LogP contribution < -0.4 is 5.73 Å². The van der Waals surface area contributed by atoms with Gasteiger partial charge in [-0.15, -0.1) is 0 Å². The SMILES string of the molecule is CCOC1CCCN(S(=O)(=O)c2cc(N)ccc2F)C1. The molecule has 0 saturated carbocycles. The van der Waals surface area contributed by atoms with Crippen molar-refractivity contribution in [3.05, 3.63) is 24.0 Å². The normalized spacial score (nSPS) is 21.0. The van der Waals surface area contributed by atoms with Crippen LogP contribution in [0.15, 0.2) is 23.1 Å². The highest BCUT2D eigenvalue weighted by molar-refractivity contribution is 7.89. The van der Waals surface area contributed by atoms with Crippen molar-refractivity contribution in [3.63, 3.8) is 0 Å². The molecule has 1 fully saturated rings. The number of halogens is 1. The lowest BCUT2D eigenvalue weighted by Crippen LogP contribution is -2.43. The molecule has 2 rings (SSSR count). The molecular weight excluding hydrogens is 283 g/mol. The maximum absolute atomic E-state index is 13.8. The summed E-state index contributed by atoms with van der Waals surface area (Å²) in [6, 6.07) is 3.58. The Labute approximate surface area is 118 Å². The average molecular weight is 302 g/mol. The number of hydrogen-bond donors (Lipinski definition) is 1. The van der Waals surface area contributed by atoms with Crippen LogP contribution in [0, 0.1) is 5.82 Å². The fraction of sp³-hybridized carbons (Fsp3) is 0.538. The number of anilines is 1. The van der Waals surface area contributed by atoms with Crippen LogP contribution in [-0.4, -0.2) is 38.5 Å². The predicted octanol–water partition coefficient (Wildman–Crippen LogP) is 1.60. The standard InChI is InChI=1S/C13H19FN2O3S/c1-2-19-11-4-3-7-16(9-11)20(17,18)13-8-10(15)5-6-12(13)14/h5-6,8,11H,2-4,7,9,15H2,1H3. The number of nitrogens with two attached hydrogens (primary N) is 1. The second-order valence-corrected chi connectivity index (χ2v) is 6.68. The van der Waals surface area contributed by atoms with E-state index in [9.17, 15) is 12.8 Å². The van der Waals surface area contributed by atoms with Gasteiger partial charge in [-0.05, 0) is 38.0 Å². The highest BCUT2D eigenvalue weighted by Crippen LogP contribution is 2.25. The molecule has 0 aromatic heterocycles. The Balaban J connectivity index is 2.27. The van der Waals surface area contributed by atoms with Crippen molar-refractivity contribution >= 4 is 15.7 Å². The quantitative estimate of drug-likeness (QED) is 0.857.